The Morgan fingerprint density at radius 2 is 1.77 bits per heavy atom. The Labute approximate surface area is 230 Å². The molecule has 2 heterocycles. The van der Waals surface area contributed by atoms with E-state index in [2.05, 4.69) is 78.1 Å². The summed E-state index contributed by atoms with van der Waals surface area (Å²) >= 11 is 11.7. The van der Waals surface area contributed by atoms with Crippen molar-refractivity contribution in [1.82, 2.24) is 4.57 Å². The number of aryl methyl sites for hydroxylation is 1. The van der Waals surface area contributed by atoms with Gasteiger partial charge in [-0.1, -0.05) is 79.6 Å². The number of phenolic OH excluding ortho intramolecular Hbond substituents is 1. The number of fused-ring (bicyclic) bond motifs is 3. The van der Waals surface area contributed by atoms with Crippen LogP contribution in [-0.2, 0) is 6.42 Å². The van der Waals surface area contributed by atoms with Crippen molar-refractivity contribution in [1.29, 1.82) is 0 Å². The summed E-state index contributed by atoms with van der Waals surface area (Å²) in [5.41, 5.74) is 6.07. The largest absolute Gasteiger partial charge is 0.506 e. The van der Waals surface area contributed by atoms with Crippen LogP contribution in [0.5, 0.6) is 5.75 Å². The van der Waals surface area contributed by atoms with Crippen LogP contribution in [0.15, 0.2) is 89.4 Å². The van der Waals surface area contributed by atoms with Gasteiger partial charge in [0, 0.05) is 20.1 Å². The monoisotopic (exact) mass is 670 g/mol. The van der Waals surface area contributed by atoms with E-state index in [1.807, 2.05) is 22.8 Å². The lowest BCUT2D eigenvalue weighted by Crippen LogP contribution is -2.38. The third kappa shape index (κ3) is 4.00. The summed E-state index contributed by atoms with van der Waals surface area (Å²) < 4.78 is 4.70. The molecule has 4 nitrogen and oxygen atoms in total. The number of allylic oxidation sites excluding steroid dienone is 1. The maximum absolute atomic E-state index is 13.8. The number of nitrogens with zero attached hydrogens (tertiary/aromatic N) is 2. The summed E-state index contributed by atoms with van der Waals surface area (Å²) in [5.74, 6) is 0.0942. The molecule has 0 saturated carbocycles. The molecule has 1 N–H and O–H groups in total. The van der Waals surface area contributed by atoms with Crippen molar-refractivity contribution in [3.63, 3.8) is 0 Å². The summed E-state index contributed by atoms with van der Waals surface area (Å²) in [6.45, 7) is 0. The Morgan fingerprint density at radius 1 is 1.00 bits per heavy atom. The highest BCUT2D eigenvalue weighted by molar-refractivity contribution is 9.11. The van der Waals surface area contributed by atoms with Crippen molar-refractivity contribution >= 4 is 70.9 Å². The molecule has 2 aliphatic rings. The topological polar surface area (TPSA) is 54.6 Å². The zero-order valence-electron chi connectivity index (χ0n) is 18.1. The Balaban J connectivity index is 1.64. The molecule has 1 aromatic heterocycles. The van der Waals surface area contributed by atoms with Crippen LogP contribution < -0.4 is 14.9 Å². The van der Waals surface area contributed by atoms with Crippen molar-refractivity contribution < 1.29 is 5.11 Å². The number of aromatic nitrogens is 1. The number of aromatic hydroxyl groups is 1. The molecule has 0 unspecified atom stereocenters. The fourth-order valence-electron chi connectivity index (χ4n) is 4.80. The fraction of sp³-hybridized carbons (Fsp3) is 0.111. The zero-order valence-corrected chi connectivity index (χ0v) is 23.7. The van der Waals surface area contributed by atoms with Crippen molar-refractivity contribution in [2.24, 2.45) is 4.99 Å². The molecule has 0 bridgehead atoms. The summed E-state index contributed by atoms with van der Waals surface area (Å²) in [7, 11) is 0. The van der Waals surface area contributed by atoms with Gasteiger partial charge >= 0.3 is 0 Å². The quantitative estimate of drug-likeness (QED) is 0.271. The normalized spacial score (nSPS) is 17.0. The first-order valence-electron chi connectivity index (χ1n) is 11.0. The fourth-order valence-corrected chi connectivity index (χ4v) is 7.32. The van der Waals surface area contributed by atoms with Gasteiger partial charge in [0.1, 0.15) is 5.75 Å². The minimum absolute atomic E-state index is 0.0942. The van der Waals surface area contributed by atoms with E-state index < -0.39 is 0 Å². The van der Waals surface area contributed by atoms with Crippen LogP contribution in [0, 0.1) is 0 Å². The molecular formula is C27H17Br3N2O2S. The molecule has 1 aliphatic heterocycles. The third-order valence-electron chi connectivity index (χ3n) is 6.40. The Kier molecular flexibility index (Phi) is 5.95. The van der Waals surface area contributed by atoms with E-state index in [1.54, 1.807) is 18.2 Å². The van der Waals surface area contributed by atoms with Gasteiger partial charge in [-0.2, -0.15) is 0 Å². The first-order valence-corrected chi connectivity index (χ1v) is 14.2. The Bertz CT molecular complexity index is 1720. The van der Waals surface area contributed by atoms with E-state index in [4.69, 9.17) is 4.99 Å². The average Bonchev–Trinajstić information content (AvgIpc) is 3.16. The zero-order chi connectivity index (χ0) is 24.3. The third-order valence-corrected chi connectivity index (χ3v) is 8.98. The van der Waals surface area contributed by atoms with Crippen LogP contribution in [-0.4, -0.2) is 9.67 Å². The van der Waals surface area contributed by atoms with Gasteiger partial charge in [-0.15, -0.1) is 0 Å². The maximum atomic E-state index is 13.8. The molecule has 1 atom stereocenters. The lowest BCUT2D eigenvalue weighted by Gasteiger charge is -2.30. The van der Waals surface area contributed by atoms with E-state index in [0.29, 0.717) is 19.4 Å². The Morgan fingerprint density at radius 3 is 2.57 bits per heavy atom. The smallest absolute Gasteiger partial charge is 0.271 e. The molecule has 174 valence electrons. The maximum Gasteiger partial charge on any atom is 0.271 e. The van der Waals surface area contributed by atoms with Crippen molar-refractivity contribution in [3.8, 4) is 5.75 Å². The van der Waals surface area contributed by atoms with Crippen LogP contribution >= 0.6 is 59.1 Å². The number of hydrogen-bond donors (Lipinski definition) is 1. The highest BCUT2D eigenvalue weighted by atomic mass is 79.9. The number of thiazole rings is 1. The van der Waals surface area contributed by atoms with Crippen LogP contribution in [0.25, 0.3) is 11.8 Å². The van der Waals surface area contributed by atoms with E-state index in [-0.39, 0.29) is 17.4 Å². The second-order valence-electron chi connectivity index (χ2n) is 8.49. The van der Waals surface area contributed by atoms with E-state index >= 15 is 0 Å². The van der Waals surface area contributed by atoms with Gasteiger partial charge in [-0.25, -0.2) is 4.99 Å². The molecule has 3 aromatic carbocycles. The number of rotatable bonds is 2. The molecule has 35 heavy (non-hydrogen) atoms. The lowest BCUT2D eigenvalue weighted by atomic mass is 9.83. The number of benzene rings is 3. The molecule has 8 heteroatoms. The summed E-state index contributed by atoms with van der Waals surface area (Å²) in [6, 6.07) is 19.9. The van der Waals surface area contributed by atoms with Gasteiger partial charge in [0.2, 0.25) is 0 Å². The number of halogens is 3. The lowest BCUT2D eigenvalue weighted by molar-refractivity contribution is 0.470. The van der Waals surface area contributed by atoms with E-state index in [0.717, 1.165) is 44.2 Å². The second kappa shape index (κ2) is 9.00. The van der Waals surface area contributed by atoms with Gasteiger partial charge < -0.3 is 5.11 Å². The van der Waals surface area contributed by atoms with E-state index in [1.165, 1.54) is 16.9 Å². The number of phenols is 1. The Hall–Kier alpha value is -2.26. The molecule has 0 fully saturated rings. The van der Waals surface area contributed by atoms with Gasteiger partial charge in [-0.05, 0) is 75.8 Å². The average molecular weight is 673 g/mol. The van der Waals surface area contributed by atoms with Crippen LogP contribution in [0.1, 0.15) is 34.7 Å². The molecule has 0 radical (unpaired) electrons. The van der Waals surface area contributed by atoms with Gasteiger partial charge in [0.15, 0.2) is 4.80 Å². The highest BCUT2D eigenvalue weighted by Crippen LogP contribution is 2.41. The predicted octanol–water partition coefficient (Wildman–Crippen LogP) is 6.31. The first kappa shape index (κ1) is 23.2. The van der Waals surface area contributed by atoms with Crippen molar-refractivity contribution in [2.75, 3.05) is 0 Å². The molecule has 1 aliphatic carbocycles. The standard InChI is InChI=1S/C27H17Br3N2O2S/c28-17-8-5-15(6-9-17)24-20-10-7-14-3-1-2-4-19(14)23(20)31-27-32(24)26(34)22(35-27)12-16-11-18(29)13-21(30)25(16)33/h1-6,8-9,11-13,24,33H,7,10H2/b22-12+/t24-/m1/s1. The molecule has 0 spiro atoms. The summed E-state index contributed by atoms with van der Waals surface area (Å²) in [4.78, 5) is 19.5. The SMILES string of the molecule is O=c1/c(=C\c2cc(Br)cc(Br)c2O)sc2n1[C@H](c1ccc(Br)cc1)C1=C(N=2)c2ccccc2CC1. The van der Waals surface area contributed by atoms with Crippen LogP contribution in [0.3, 0.4) is 0 Å². The first-order chi connectivity index (χ1) is 16.9. The minimum Gasteiger partial charge on any atom is -0.506 e. The predicted molar refractivity (Wildman–Crippen MR) is 150 cm³/mol. The number of hydrogen-bond acceptors (Lipinski definition) is 4. The van der Waals surface area contributed by atoms with Crippen LogP contribution in [0.4, 0.5) is 0 Å². The van der Waals surface area contributed by atoms with Gasteiger partial charge in [0.05, 0.1) is 20.7 Å². The molecule has 0 saturated heterocycles. The van der Waals surface area contributed by atoms with Gasteiger partial charge in [0.25, 0.3) is 5.56 Å². The van der Waals surface area contributed by atoms with Gasteiger partial charge in [-0.3, -0.25) is 9.36 Å². The second-order valence-corrected chi connectivity index (χ2v) is 12.2. The van der Waals surface area contributed by atoms with E-state index in [9.17, 15) is 9.90 Å². The van der Waals surface area contributed by atoms with Crippen LogP contribution in [0.2, 0.25) is 0 Å². The summed E-state index contributed by atoms with van der Waals surface area (Å²) in [6.07, 6.45) is 3.51. The van der Waals surface area contributed by atoms with Crippen molar-refractivity contribution in [2.45, 2.75) is 18.9 Å². The molecule has 6 rings (SSSR count). The molecule has 0 amide bonds. The minimum atomic E-state index is -0.229. The summed E-state index contributed by atoms with van der Waals surface area (Å²) in [5, 5.41) is 10.6. The molecular weight excluding hydrogens is 656 g/mol. The van der Waals surface area contributed by atoms with Crippen molar-refractivity contribution in [3.05, 3.63) is 122 Å². The molecule has 4 aromatic rings. The highest BCUT2D eigenvalue weighted by Gasteiger charge is 2.32.